The van der Waals surface area contributed by atoms with Crippen molar-refractivity contribution in [3.05, 3.63) is 40.0 Å². The first-order valence-corrected chi connectivity index (χ1v) is 5.38. The van der Waals surface area contributed by atoms with E-state index < -0.39 is 5.91 Å². The van der Waals surface area contributed by atoms with Crippen LogP contribution in [0.15, 0.2) is 22.6 Å². The van der Waals surface area contributed by atoms with E-state index in [0.29, 0.717) is 21.6 Å². The lowest BCUT2D eigenvalue weighted by molar-refractivity contribution is 0.0989. The van der Waals surface area contributed by atoms with Gasteiger partial charge in [0.15, 0.2) is 0 Å². The number of aromatic nitrogens is 2. The van der Waals surface area contributed by atoms with Gasteiger partial charge < -0.3 is 9.73 Å². The fraction of sp³-hybridized carbons (Fsp3) is 0.100. The van der Waals surface area contributed by atoms with Crippen molar-refractivity contribution in [1.29, 1.82) is 0 Å². The number of rotatable bonds is 2. The molecule has 1 aromatic heterocycles. The highest BCUT2D eigenvalue weighted by molar-refractivity contribution is 6.42. The molecule has 0 bridgehead atoms. The minimum absolute atomic E-state index is 0.103. The summed E-state index contributed by atoms with van der Waals surface area (Å²) in [5.74, 6) is -0.276. The van der Waals surface area contributed by atoms with Crippen LogP contribution in [-0.4, -0.2) is 16.1 Å². The standard InChI is InChI=1S/C10H7Cl2N3O2/c1-5-14-15-10(17-5)9(16)13-6-2-3-7(11)8(12)4-6/h2-4H,1H3,(H,13,16). The normalized spacial score (nSPS) is 10.3. The molecule has 2 rings (SSSR count). The van der Waals surface area contributed by atoms with Crippen molar-refractivity contribution >= 4 is 34.8 Å². The maximum absolute atomic E-state index is 11.6. The van der Waals surface area contributed by atoms with Crippen LogP contribution in [0.4, 0.5) is 5.69 Å². The number of halogens is 2. The third-order valence-corrected chi connectivity index (χ3v) is 2.64. The fourth-order valence-electron chi connectivity index (χ4n) is 1.15. The number of hydrogen-bond donors (Lipinski definition) is 1. The largest absolute Gasteiger partial charge is 0.417 e. The molecule has 1 N–H and O–H groups in total. The van der Waals surface area contributed by atoms with Crippen molar-refractivity contribution in [3.63, 3.8) is 0 Å². The molecule has 0 aliphatic carbocycles. The van der Waals surface area contributed by atoms with E-state index in [2.05, 4.69) is 15.5 Å². The number of hydrogen-bond acceptors (Lipinski definition) is 4. The molecule has 5 nitrogen and oxygen atoms in total. The number of aryl methyl sites for hydroxylation is 1. The molecule has 1 heterocycles. The first kappa shape index (κ1) is 11.9. The Balaban J connectivity index is 2.15. The highest BCUT2D eigenvalue weighted by Gasteiger charge is 2.13. The lowest BCUT2D eigenvalue weighted by Gasteiger charge is -2.03. The predicted molar refractivity (Wildman–Crippen MR) is 63.5 cm³/mol. The summed E-state index contributed by atoms with van der Waals surface area (Å²) in [4.78, 5) is 11.6. The summed E-state index contributed by atoms with van der Waals surface area (Å²) < 4.78 is 4.98. The van der Waals surface area contributed by atoms with Crippen molar-refractivity contribution in [2.75, 3.05) is 5.32 Å². The molecule has 0 unspecified atom stereocenters. The Labute approximate surface area is 107 Å². The molecule has 1 aromatic carbocycles. The molecule has 0 radical (unpaired) electrons. The first-order valence-electron chi connectivity index (χ1n) is 4.63. The Morgan fingerprint density at radius 2 is 2.06 bits per heavy atom. The van der Waals surface area contributed by atoms with Gasteiger partial charge in [-0.15, -0.1) is 10.2 Å². The molecular formula is C10H7Cl2N3O2. The van der Waals surface area contributed by atoms with E-state index >= 15 is 0 Å². The van der Waals surface area contributed by atoms with E-state index in [-0.39, 0.29) is 5.89 Å². The zero-order valence-corrected chi connectivity index (χ0v) is 10.2. The molecule has 1 amide bonds. The van der Waals surface area contributed by atoms with Crippen LogP contribution in [0.3, 0.4) is 0 Å². The minimum Gasteiger partial charge on any atom is -0.417 e. The van der Waals surface area contributed by atoms with Crippen molar-refractivity contribution in [3.8, 4) is 0 Å². The Morgan fingerprint density at radius 3 is 2.65 bits per heavy atom. The van der Waals surface area contributed by atoms with Gasteiger partial charge in [0.25, 0.3) is 0 Å². The summed E-state index contributed by atoms with van der Waals surface area (Å²) in [5, 5.41) is 10.5. The average molecular weight is 272 g/mol. The van der Waals surface area contributed by atoms with Gasteiger partial charge in [-0.05, 0) is 18.2 Å². The minimum atomic E-state index is -0.496. The summed E-state index contributed by atoms with van der Waals surface area (Å²) in [5.41, 5.74) is 0.500. The molecule has 0 spiro atoms. The van der Waals surface area contributed by atoms with Gasteiger partial charge in [0.2, 0.25) is 5.89 Å². The van der Waals surface area contributed by atoms with Gasteiger partial charge in [0, 0.05) is 12.6 Å². The lowest BCUT2D eigenvalue weighted by atomic mass is 10.3. The van der Waals surface area contributed by atoms with E-state index in [4.69, 9.17) is 27.6 Å². The number of benzene rings is 1. The van der Waals surface area contributed by atoms with Crippen LogP contribution in [-0.2, 0) is 0 Å². The van der Waals surface area contributed by atoms with E-state index in [1.165, 1.54) is 6.07 Å². The molecule has 17 heavy (non-hydrogen) atoms. The quantitative estimate of drug-likeness (QED) is 0.912. The van der Waals surface area contributed by atoms with Crippen molar-refractivity contribution < 1.29 is 9.21 Å². The van der Waals surface area contributed by atoms with Crippen molar-refractivity contribution in [1.82, 2.24) is 10.2 Å². The van der Waals surface area contributed by atoms with Gasteiger partial charge in [-0.3, -0.25) is 4.79 Å². The Kier molecular flexibility index (Phi) is 3.31. The summed E-state index contributed by atoms with van der Waals surface area (Å²) >= 11 is 11.6. The summed E-state index contributed by atoms with van der Waals surface area (Å²) in [6.07, 6.45) is 0. The molecule has 88 valence electrons. The third-order valence-electron chi connectivity index (χ3n) is 1.90. The number of carbonyl (C=O) groups excluding carboxylic acids is 1. The maximum atomic E-state index is 11.6. The molecule has 0 saturated carbocycles. The molecule has 0 fully saturated rings. The third kappa shape index (κ3) is 2.75. The molecule has 7 heteroatoms. The van der Waals surface area contributed by atoms with Crippen molar-refractivity contribution in [2.45, 2.75) is 6.92 Å². The second-order valence-electron chi connectivity index (χ2n) is 3.21. The second-order valence-corrected chi connectivity index (χ2v) is 4.02. The zero-order valence-electron chi connectivity index (χ0n) is 8.70. The molecule has 0 aliphatic rings. The van der Waals surface area contributed by atoms with Crippen LogP contribution in [0.2, 0.25) is 10.0 Å². The number of nitrogens with zero attached hydrogens (tertiary/aromatic N) is 2. The Hall–Kier alpha value is -1.59. The molecule has 0 saturated heterocycles. The Bertz CT molecular complexity index is 568. The van der Waals surface area contributed by atoms with E-state index in [0.717, 1.165) is 0 Å². The number of nitrogens with one attached hydrogen (secondary N) is 1. The number of amides is 1. The number of carbonyl (C=O) groups is 1. The van der Waals surface area contributed by atoms with Crippen LogP contribution in [0, 0.1) is 6.92 Å². The summed E-state index contributed by atoms with van der Waals surface area (Å²) in [7, 11) is 0. The maximum Gasteiger partial charge on any atom is 0.313 e. The lowest BCUT2D eigenvalue weighted by Crippen LogP contribution is -2.12. The second kappa shape index (κ2) is 4.73. The fourth-order valence-corrected chi connectivity index (χ4v) is 1.44. The average Bonchev–Trinajstić information content (AvgIpc) is 2.70. The summed E-state index contributed by atoms with van der Waals surface area (Å²) in [6, 6.07) is 4.74. The molecule has 2 aromatic rings. The van der Waals surface area contributed by atoms with Gasteiger partial charge in [0.05, 0.1) is 10.0 Å². The van der Waals surface area contributed by atoms with Crippen molar-refractivity contribution in [2.24, 2.45) is 0 Å². The van der Waals surface area contributed by atoms with Gasteiger partial charge in [-0.2, -0.15) is 0 Å². The zero-order chi connectivity index (χ0) is 12.4. The monoisotopic (exact) mass is 271 g/mol. The molecule has 0 atom stereocenters. The number of anilines is 1. The summed E-state index contributed by atoms with van der Waals surface area (Å²) in [6.45, 7) is 1.60. The smallest absolute Gasteiger partial charge is 0.313 e. The van der Waals surface area contributed by atoms with Crippen LogP contribution in [0.25, 0.3) is 0 Å². The SMILES string of the molecule is Cc1nnc(C(=O)Nc2ccc(Cl)c(Cl)c2)o1. The first-order chi connectivity index (χ1) is 8.06. The van der Waals surface area contributed by atoms with Gasteiger partial charge in [-0.1, -0.05) is 23.2 Å². The van der Waals surface area contributed by atoms with Gasteiger partial charge in [0.1, 0.15) is 0 Å². The Morgan fingerprint density at radius 1 is 1.29 bits per heavy atom. The molecule has 0 aliphatic heterocycles. The topological polar surface area (TPSA) is 68.0 Å². The predicted octanol–water partition coefficient (Wildman–Crippen LogP) is 2.94. The van der Waals surface area contributed by atoms with E-state index in [1.54, 1.807) is 19.1 Å². The highest BCUT2D eigenvalue weighted by Crippen LogP contribution is 2.25. The van der Waals surface area contributed by atoms with Gasteiger partial charge in [-0.25, -0.2) is 0 Å². The van der Waals surface area contributed by atoms with Crippen LogP contribution in [0.5, 0.6) is 0 Å². The van der Waals surface area contributed by atoms with Gasteiger partial charge >= 0.3 is 11.8 Å². The molecular weight excluding hydrogens is 265 g/mol. The van der Waals surface area contributed by atoms with Crippen LogP contribution < -0.4 is 5.32 Å². The van der Waals surface area contributed by atoms with Crippen LogP contribution in [0.1, 0.15) is 16.6 Å². The van der Waals surface area contributed by atoms with E-state index in [9.17, 15) is 4.79 Å². The highest BCUT2D eigenvalue weighted by atomic mass is 35.5. The van der Waals surface area contributed by atoms with Crippen LogP contribution >= 0.6 is 23.2 Å². The van der Waals surface area contributed by atoms with E-state index in [1.807, 2.05) is 0 Å².